The molecular formula is C17H22FN5O3S. The second-order valence-electron chi connectivity index (χ2n) is 6.41. The Balaban J connectivity index is 1.57. The normalized spacial score (nSPS) is 16.1. The number of hydrogen-bond donors (Lipinski definition) is 1. The summed E-state index contributed by atoms with van der Waals surface area (Å²) < 4.78 is 41.2. The lowest BCUT2D eigenvalue weighted by Crippen LogP contribution is -2.42. The van der Waals surface area contributed by atoms with Crippen molar-refractivity contribution in [3.8, 4) is 0 Å². The molecular weight excluding hydrogens is 373 g/mol. The number of aryl methyl sites for hydroxylation is 1. The average molecular weight is 395 g/mol. The van der Waals surface area contributed by atoms with E-state index in [1.54, 1.807) is 28.6 Å². The van der Waals surface area contributed by atoms with E-state index in [1.807, 2.05) is 0 Å². The third-order valence-electron chi connectivity index (χ3n) is 4.38. The Bertz CT molecular complexity index is 898. The Labute approximate surface area is 157 Å². The Kier molecular flexibility index (Phi) is 5.76. The molecule has 2 heterocycles. The van der Waals surface area contributed by atoms with Crippen LogP contribution in [0.15, 0.2) is 41.8 Å². The maximum atomic E-state index is 12.9. The Morgan fingerprint density at radius 3 is 2.59 bits per heavy atom. The van der Waals surface area contributed by atoms with Crippen LogP contribution < -0.4 is 5.32 Å². The zero-order valence-electron chi connectivity index (χ0n) is 15.0. The van der Waals surface area contributed by atoms with Crippen molar-refractivity contribution in [3.63, 3.8) is 0 Å². The van der Waals surface area contributed by atoms with Crippen LogP contribution in [0.3, 0.4) is 0 Å². The van der Waals surface area contributed by atoms with Gasteiger partial charge in [-0.05, 0) is 24.1 Å². The number of aromatic nitrogens is 2. The molecule has 1 aromatic carbocycles. The molecule has 1 saturated heterocycles. The van der Waals surface area contributed by atoms with Gasteiger partial charge in [0.1, 0.15) is 5.82 Å². The molecule has 10 heteroatoms. The molecule has 1 aliphatic heterocycles. The van der Waals surface area contributed by atoms with Crippen LogP contribution in [-0.2, 0) is 23.6 Å². The monoisotopic (exact) mass is 395 g/mol. The first-order valence-corrected chi connectivity index (χ1v) is 10.1. The SMILES string of the molecule is Cn1cnc(S(=O)(=O)N2CCCN(C(=O)NCc3ccc(F)cc3)CC2)c1. The van der Waals surface area contributed by atoms with E-state index in [2.05, 4.69) is 10.3 Å². The summed E-state index contributed by atoms with van der Waals surface area (Å²) in [5, 5.41) is 2.80. The first-order chi connectivity index (χ1) is 12.9. The van der Waals surface area contributed by atoms with E-state index in [0.29, 0.717) is 26.1 Å². The quantitative estimate of drug-likeness (QED) is 0.842. The lowest BCUT2D eigenvalue weighted by molar-refractivity contribution is 0.200. The topological polar surface area (TPSA) is 87.5 Å². The number of nitrogens with zero attached hydrogens (tertiary/aromatic N) is 4. The van der Waals surface area contributed by atoms with Gasteiger partial charge in [-0.15, -0.1) is 0 Å². The number of benzene rings is 1. The van der Waals surface area contributed by atoms with Crippen LogP contribution in [0.25, 0.3) is 0 Å². The van der Waals surface area contributed by atoms with Crippen LogP contribution in [0.1, 0.15) is 12.0 Å². The highest BCUT2D eigenvalue weighted by atomic mass is 32.2. The Hall–Kier alpha value is -2.46. The maximum Gasteiger partial charge on any atom is 0.317 e. The molecule has 0 spiro atoms. The minimum absolute atomic E-state index is 0.0132. The minimum atomic E-state index is -3.67. The lowest BCUT2D eigenvalue weighted by Gasteiger charge is -2.21. The first-order valence-electron chi connectivity index (χ1n) is 8.61. The zero-order chi connectivity index (χ0) is 19.4. The van der Waals surface area contributed by atoms with Crippen molar-refractivity contribution in [2.45, 2.75) is 18.0 Å². The standard InChI is InChI=1S/C17H22FN5O3S/c1-21-12-16(20-13-21)27(25,26)23-8-2-7-22(9-10-23)17(24)19-11-14-3-5-15(18)6-4-14/h3-6,12-13H,2,7-11H2,1H3,(H,19,24). The number of carbonyl (C=O) groups excluding carboxylic acids is 1. The fraction of sp³-hybridized carbons (Fsp3) is 0.412. The minimum Gasteiger partial charge on any atom is -0.339 e. The van der Waals surface area contributed by atoms with Crippen LogP contribution in [-0.4, -0.2) is 59.4 Å². The van der Waals surface area contributed by atoms with Crippen LogP contribution in [0.5, 0.6) is 0 Å². The molecule has 8 nitrogen and oxygen atoms in total. The van der Waals surface area contributed by atoms with Gasteiger partial charge in [-0.25, -0.2) is 22.6 Å². The van der Waals surface area contributed by atoms with E-state index in [1.165, 1.54) is 29.0 Å². The van der Waals surface area contributed by atoms with E-state index in [-0.39, 0.29) is 30.0 Å². The molecule has 2 amide bonds. The number of amides is 2. The predicted molar refractivity (Wildman–Crippen MR) is 96.8 cm³/mol. The van der Waals surface area contributed by atoms with Crippen molar-refractivity contribution in [2.75, 3.05) is 26.2 Å². The van der Waals surface area contributed by atoms with Gasteiger partial charge in [-0.3, -0.25) is 0 Å². The molecule has 3 rings (SSSR count). The summed E-state index contributed by atoms with van der Waals surface area (Å²) in [6, 6.07) is 5.64. The molecule has 0 bridgehead atoms. The molecule has 0 unspecified atom stereocenters. The average Bonchev–Trinajstić information content (AvgIpc) is 2.93. The number of carbonyl (C=O) groups is 1. The van der Waals surface area contributed by atoms with Crippen LogP contribution in [0.2, 0.25) is 0 Å². The van der Waals surface area contributed by atoms with Crippen LogP contribution in [0.4, 0.5) is 9.18 Å². The second-order valence-corrected chi connectivity index (χ2v) is 8.29. The Morgan fingerprint density at radius 1 is 1.19 bits per heavy atom. The number of rotatable bonds is 4. The fourth-order valence-corrected chi connectivity index (χ4v) is 4.32. The fourth-order valence-electron chi connectivity index (χ4n) is 2.88. The van der Waals surface area contributed by atoms with Gasteiger partial charge in [0, 0.05) is 46.0 Å². The van der Waals surface area contributed by atoms with Crippen molar-refractivity contribution in [3.05, 3.63) is 48.2 Å². The van der Waals surface area contributed by atoms with Crippen molar-refractivity contribution >= 4 is 16.1 Å². The Morgan fingerprint density at radius 2 is 1.93 bits per heavy atom. The molecule has 2 aromatic rings. The molecule has 146 valence electrons. The van der Waals surface area contributed by atoms with Gasteiger partial charge in [0.25, 0.3) is 10.0 Å². The highest BCUT2D eigenvalue weighted by Crippen LogP contribution is 2.16. The lowest BCUT2D eigenvalue weighted by atomic mass is 10.2. The highest BCUT2D eigenvalue weighted by molar-refractivity contribution is 7.89. The molecule has 0 radical (unpaired) electrons. The van der Waals surface area contributed by atoms with Gasteiger partial charge < -0.3 is 14.8 Å². The first kappa shape index (κ1) is 19.3. The van der Waals surface area contributed by atoms with Crippen LogP contribution >= 0.6 is 0 Å². The summed E-state index contributed by atoms with van der Waals surface area (Å²) in [6.07, 6.45) is 3.45. The summed E-state index contributed by atoms with van der Waals surface area (Å²) in [5.41, 5.74) is 0.791. The van der Waals surface area contributed by atoms with Gasteiger partial charge in [0.05, 0.1) is 6.33 Å². The van der Waals surface area contributed by atoms with Gasteiger partial charge >= 0.3 is 6.03 Å². The molecule has 0 aliphatic carbocycles. The van der Waals surface area contributed by atoms with Gasteiger partial charge in [0.2, 0.25) is 0 Å². The smallest absolute Gasteiger partial charge is 0.317 e. The zero-order valence-corrected chi connectivity index (χ0v) is 15.8. The molecule has 0 saturated carbocycles. The van der Waals surface area contributed by atoms with E-state index >= 15 is 0 Å². The summed E-state index contributed by atoms with van der Waals surface area (Å²) in [4.78, 5) is 17.9. The number of sulfonamides is 1. The molecule has 1 N–H and O–H groups in total. The number of halogens is 1. The largest absolute Gasteiger partial charge is 0.339 e. The number of imidazole rings is 1. The van der Waals surface area contributed by atoms with E-state index in [4.69, 9.17) is 0 Å². The van der Waals surface area contributed by atoms with Gasteiger partial charge in [0.15, 0.2) is 5.03 Å². The van der Waals surface area contributed by atoms with E-state index in [0.717, 1.165) is 5.56 Å². The van der Waals surface area contributed by atoms with Crippen molar-refractivity contribution in [2.24, 2.45) is 7.05 Å². The molecule has 27 heavy (non-hydrogen) atoms. The molecule has 0 atom stereocenters. The van der Waals surface area contributed by atoms with E-state index < -0.39 is 10.0 Å². The maximum absolute atomic E-state index is 12.9. The summed E-state index contributed by atoms with van der Waals surface area (Å²) >= 11 is 0. The second kappa shape index (κ2) is 8.05. The molecule has 1 aromatic heterocycles. The van der Waals surface area contributed by atoms with Crippen molar-refractivity contribution in [1.82, 2.24) is 24.1 Å². The van der Waals surface area contributed by atoms with Crippen LogP contribution in [0, 0.1) is 5.82 Å². The third kappa shape index (κ3) is 4.64. The number of urea groups is 1. The number of nitrogens with one attached hydrogen (secondary N) is 1. The van der Waals surface area contributed by atoms with E-state index in [9.17, 15) is 17.6 Å². The van der Waals surface area contributed by atoms with Gasteiger partial charge in [-0.1, -0.05) is 12.1 Å². The molecule has 1 aliphatic rings. The highest BCUT2D eigenvalue weighted by Gasteiger charge is 2.29. The predicted octanol–water partition coefficient (Wildman–Crippen LogP) is 1.17. The third-order valence-corrected chi connectivity index (χ3v) is 6.17. The van der Waals surface area contributed by atoms with Gasteiger partial charge in [-0.2, -0.15) is 4.31 Å². The summed E-state index contributed by atoms with van der Waals surface area (Å²) in [7, 11) is -1.96. The summed E-state index contributed by atoms with van der Waals surface area (Å²) in [6.45, 7) is 1.58. The van der Waals surface area contributed by atoms with Crippen molar-refractivity contribution in [1.29, 1.82) is 0 Å². The summed E-state index contributed by atoms with van der Waals surface area (Å²) in [5.74, 6) is -0.327. The van der Waals surface area contributed by atoms with Crippen molar-refractivity contribution < 1.29 is 17.6 Å². The molecule has 1 fully saturated rings. The number of hydrogen-bond acceptors (Lipinski definition) is 4.